The van der Waals surface area contributed by atoms with Gasteiger partial charge < -0.3 is 4.42 Å². The van der Waals surface area contributed by atoms with Gasteiger partial charge >= 0.3 is 0 Å². The van der Waals surface area contributed by atoms with Crippen molar-refractivity contribution < 1.29 is 4.42 Å². The van der Waals surface area contributed by atoms with Crippen LogP contribution in [-0.2, 0) is 0 Å². The molecule has 3 rings (SSSR count). The maximum Gasteiger partial charge on any atom is 0.135 e. The molecule has 0 atom stereocenters. The fourth-order valence-electron chi connectivity index (χ4n) is 2.42. The molecule has 0 aliphatic heterocycles. The molecule has 0 aliphatic rings. The predicted molar refractivity (Wildman–Crippen MR) is 81.1 cm³/mol. The molecule has 1 heterocycles. The first-order valence-electron chi connectivity index (χ1n) is 6.51. The largest absolute Gasteiger partial charge is 0.461 e. The van der Waals surface area contributed by atoms with Crippen molar-refractivity contribution in [3.63, 3.8) is 0 Å². The third-order valence-corrected chi connectivity index (χ3v) is 3.35. The van der Waals surface area contributed by atoms with Gasteiger partial charge in [-0.05, 0) is 37.1 Å². The third kappa shape index (κ3) is 2.08. The zero-order chi connectivity index (χ0) is 13.2. The van der Waals surface area contributed by atoms with Crippen molar-refractivity contribution in [1.29, 1.82) is 0 Å². The topological polar surface area (TPSA) is 13.1 Å². The Kier molecular flexibility index (Phi) is 2.96. The minimum atomic E-state index is 0.951. The Bertz CT molecular complexity index is 733. The molecule has 0 N–H and O–H groups in total. The van der Waals surface area contributed by atoms with Crippen molar-refractivity contribution in [2.45, 2.75) is 13.8 Å². The third-order valence-electron chi connectivity index (χ3n) is 3.35. The summed E-state index contributed by atoms with van der Waals surface area (Å²) in [5.74, 6) is 0.971. The van der Waals surface area contributed by atoms with Gasteiger partial charge in [0.15, 0.2) is 0 Å². The number of hydrogen-bond acceptors (Lipinski definition) is 1. The molecule has 0 spiro atoms. The lowest BCUT2D eigenvalue weighted by Gasteiger charge is -2.00. The highest BCUT2D eigenvalue weighted by Crippen LogP contribution is 2.30. The number of hydrogen-bond donors (Lipinski definition) is 0. The first-order chi connectivity index (χ1) is 9.29. The van der Waals surface area contributed by atoms with E-state index in [1.54, 1.807) is 0 Å². The fourth-order valence-corrected chi connectivity index (χ4v) is 2.42. The number of rotatable bonds is 2. The van der Waals surface area contributed by atoms with Gasteiger partial charge in [-0.15, -0.1) is 0 Å². The van der Waals surface area contributed by atoms with Crippen molar-refractivity contribution in [3.05, 3.63) is 65.9 Å². The van der Waals surface area contributed by atoms with Crippen LogP contribution in [0.3, 0.4) is 0 Å². The fraction of sp³-hybridized carbons (Fsp3) is 0.111. The van der Waals surface area contributed by atoms with E-state index in [4.69, 9.17) is 4.42 Å². The average Bonchev–Trinajstić information content (AvgIpc) is 2.76. The highest BCUT2D eigenvalue weighted by Gasteiger charge is 2.09. The zero-order valence-corrected chi connectivity index (χ0v) is 11.2. The summed E-state index contributed by atoms with van der Waals surface area (Å²) >= 11 is 0. The molecule has 0 unspecified atom stereocenters. The van der Waals surface area contributed by atoms with E-state index in [0.29, 0.717) is 0 Å². The molecule has 0 radical (unpaired) electrons. The van der Waals surface area contributed by atoms with E-state index in [2.05, 4.69) is 48.5 Å². The maximum atomic E-state index is 5.86. The second kappa shape index (κ2) is 4.77. The van der Waals surface area contributed by atoms with E-state index in [1.807, 2.05) is 26.0 Å². The molecule has 3 aromatic rings. The monoisotopic (exact) mass is 248 g/mol. The number of benzene rings is 2. The van der Waals surface area contributed by atoms with Crippen LogP contribution in [0.5, 0.6) is 0 Å². The van der Waals surface area contributed by atoms with Gasteiger partial charge in [-0.25, -0.2) is 0 Å². The van der Waals surface area contributed by atoms with E-state index >= 15 is 0 Å². The molecule has 0 fully saturated rings. The Labute approximate surface area is 113 Å². The molecule has 19 heavy (non-hydrogen) atoms. The predicted octanol–water partition coefficient (Wildman–Crippen LogP) is 5.44. The normalized spacial score (nSPS) is 11.5. The Morgan fingerprint density at radius 1 is 0.947 bits per heavy atom. The zero-order valence-electron chi connectivity index (χ0n) is 11.2. The average molecular weight is 248 g/mol. The molecule has 0 bridgehead atoms. The van der Waals surface area contributed by atoms with Crippen LogP contribution in [0.4, 0.5) is 0 Å². The Hall–Kier alpha value is -2.28. The van der Waals surface area contributed by atoms with Gasteiger partial charge in [-0.3, -0.25) is 0 Å². The van der Waals surface area contributed by atoms with Gasteiger partial charge in [0, 0.05) is 10.9 Å². The van der Waals surface area contributed by atoms with Crippen LogP contribution in [0.1, 0.15) is 18.2 Å². The van der Waals surface area contributed by atoms with Crippen LogP contribution in [-0.4, -0.2) is 0 Å². The summed E-state index contributed by atoms with van der Waals surface area (Å²) in [4.78, 5) is 0. The van der Waals surface area contributed by atoms with Crippen LogP contribution in [0, 0.1) is 6.92 Å². The summed E-state index contributed by atoms with van der Waals surface area (Å²) in [5, 5.41) is 1.18. The van der Waals surface area contributed by atoms with Crippen molar-refractivity contribution >= 4 is 17.0 Å². The lowest BCUT2D eigenvalue weighted by Crippen LogP contribution is -1.77. The lowest BCUT2D eigenvalue weighted by molar-refractivity contribution is 0.577. The number of aryl methyl sites for hydroxylation is 1. The molecular weight excluding hydrogens is 232 g/mol. The second-order valence-electron chi connectivity index (χ2n) is 4.65. The summed E-state index contributed by atoms with van der Waals surface area (Å²) in [6, 6.07) is 16.8. The molecule has 0 saturated heterocycles. The van der Waals surface area contributed by atoms with Crippen LogP contribution in [0.2, 0.25) is 0 Å². The van der Waals surface area contributed by atoms with Gasteiger partial charge in [0.25, 0.3) is 0 Å². The molecule has 0 aliphatic carbocycles. The number of allylic oxidation sites excluding steroid dienone is 1. The summed E-state index contributed by atoms with van der Waals surface area (Å²) in [6.07, 6.45) is 4.14. The first kappa shape index (κ1) is 11.8. The minimum absolute atomic E-state index is 0.951. The molecule has 0 saturated carbocycles. The SMILES string of the molecule is C/C=C\c1c(C)oc2cc(-c3ccccc3)ccc12. The molecule has 1 aromatic heterocycles. The van der Waals surface area contributed by atoms with Crippen molar-refractivity contribution in [3.8, 4) is 11.1 Å². The number of furan rings is 1. The van der Waals surface area contributed by atoms with Gasteiger partial charge in [-0.1, -0.05) is 48.6 Å². The Morgan fingerprint density at radius 2 is 1.74 bits per heavy atom. The molecule has 2 aromatic carbocycles. The molecular formula is C18H16O. The molecule has 0 amide bonds. The quantitative estimate of drug-likeness (QED) is 0.588. The maximum absolute atomic E-state index is 5.86. The van der Waals surface area contributed by atoms with E-state index in [-0.39, 0.29) is 0 Å². The molecule has 1 nitrogen and oxygen atoms in total. The van der Waals surface area contributed by atoms with E-state index in [9.17, 15) is 0 Å². The summed E-state index contributed by atoms with van der Waals surface area (Å²) in [6.45, 7) is 4.04. The minimum Gasteiger partial charge on any atom is -0.461 e. The van der Waals surface area contributed by atoms with Crippen LogP contribution >= 0.6 is 0 Å². The second-order valence-corrected chi connectivity index (χ2v) is 4.65. The van der Waals surface area contributed by atoms with Crippen LogP contribution in [0.25, 0.3) is 28.2 Å². The van der Waals surface area contributed by atoms with Crippen molar-refractivity contribution in [1.82, 2.24) is 0 Å². The van der Waals surface area contributed by atoms with E-state index in [0.717, 1.165) is 11.3 Å². The van der Waals surface area contributed by atoms with Gasteiger partial charge in [0.1, 0.15) is 11.3 Å². The standard InChI is InChI=1S/C18H16O/c1-3-7-16-13(2)19-18-12-15(10-11-17(16)18)14-8-5-4-6-9-14/h3-12H,1-2H3/b7-3-. The van der Waals surface area contributed by atoms with E-state index in [1.165, 1.54) is 22.1 Å². The highest BCUT2D eigenvalue weighted by atomic mass is 16.3. The van der Waals surface area contributed by atoms with Crippen LogP contribution < -0.4 is 0 Å². The summed E-state index contributed by atoms with van der Waals surface area (Å²) in [5.41, 5.74) is 4.53. The molecule has 1 heteroatoms. The van der Waals surface area contributed by atoms with Crippen molar-refractivity contribution in [2.75, 3.05) is 0 Å². The van der Waals surface area contributed by atoms with Gasteiger partial charge in [0.05, 0.1) is 0 Å². The molecule has 94 valence electrons. The van der Waals surface area contributed by atoms with E-state index < -0.39 is 0 Å². The summed E-state index contributed by atoms with van der Waals surface area (Å²) < 4.78 is 5.86. The highest BCUT2D eigenvalue weighted by molar-refractivity contribution is 5.91. The van der Waals surface area contributed by atoms with Crippen LogP contribution in [0.15, 0.2) is 59.0 Å². The number of fused-ring (bicyclic) bond motifs is 1. The van der Waals surface area contributed by atoms with Gasteiger partial charge in [0.2, 0.25) is 0 Å². The van der Waals surface area contributed by atoms with Crippen molar-refractivity contribution in [2.24, 2.45) is 0 Å². The summed E-state index contributed by atoms with van der Waals surface area (Å²) in [7, 11) is 0. The Balaban J connectivity index is 2.18. The first-order valence-corrected chi connectivity index (χ1v) is 6.51. The smallest absolute Gasteiger partial charge is 0.135 e. The lowest BCUT2D eigenvalue weighted by atomic mass is 10.0. The van der Waals surface area contributed by atoms with Gasteiger partial charge in [-0.2, -0.15) is 0 Å². The Morgan fingerprint density at radius 3 is 2.47 bits per heavy atom.